The molecule has 0 N–H and O–H groups in total. The van der Waals surface area contributed by atoms with Crippen LogP contribution in [-0.4, -0.2) is 37.6 Å². The molecule has 1 amide bonds. The third-order valence-corrected chi connectivity index (χ3v) is 5.43. The molecule has 0 unspecified atom stereocenters. The molecule has 0 bridgehead atoms. The van der Waals surface area contributed by atoms with Gasteiger partial charge in [0.15, 0.2) is 9.84 Å². The molecule has 0 spiro atoms. The Morgan fingerprint density at radius 2 is 1.60 bits per heavy atom. The van der Waals surface area contributed by atoms with Crippen molar-refractivity contribution in [3.63, 3.8) is 0 Å². The molecule has 1 aliphatic rings. The van der Waals surface area contributed by atoms with Crippen molar-refractivity contribution in [3.8, 4) is 5.75 Å². The second kappa shape index (κ2) is 6.52. The molecule has 2 aromatic carbocycles. The summed E-state index contributed by atoms with van der Waals surface area (Å²) in [4.78, 5) is 14.6. The average molecular weight is 359 g/mol. The molecule has 6 heteroatoms. The number of rotatable bonds is 5. The van der Waals surface area contributed by atoms with Gasteiger partial charge in [0.05, 0.1) is 4.90 Å². The summed E-state index contributed by atoms with van der Waals surface area (Å²) in [5, 5.41) is 0. The van der Waals surface area contributed by atoms with Crippen molar-refractivity contribution < 1.29 is 17.9 Å². The first-order chi connectivity index (χ1) is 11.8. The summed E-state index contributed by atoms with van der Waals surface area (Å²) in [6.07, 6.45) is 0.574. The number of benzene rings is 2. The molecule has 0 aromatic heterocycles. The van der Waals surface area contributed by atoms with Gasteiger partial charge in [-0.3, -0.25) is 4.79 Å². The fourth-order valence-electron chi connectivity index (χ4n) is 3.07. The van der Waals surface area contributed by atoms with E-state index < -0.39 is 15.9 Å². The van der Waals surface area contributed by atoms with Crippen LogP contribution in [-0.2, 0) is 14.6 Å². The molecule has 5 nitrogen and oxygen atoms in total. The van der Waals surface area contributed by atoms with Crippen molar-refractivity contribution in [2.24, 2.45) is 0 Å². The van der Waals surface area contributed by atoms with Gasteiger partial charge in [0.25, 0.3) is 5.91 Å². The van der Waals surface area contributed by atoms with Crippen molar-refractivity contribution in [1.29, 1.82) is 0 Å². The van der Waals surface area contributed by atoms with Crippen LogP contribution in [0.5, 0.6) is 5.75 Å². The SMILES string of the molecule is CC(C)N1C(=O)[C@@H](Oc2ccccc2)[C@H]1c1ccc(S(C)(=O)=O)cc1. The molecule has 0 radical (unpaired) electrons. The second-order valence-corrected chi connectivity index (χ2v) is 8.49. The minimum absolute atomic E-state index is 0.0303. The zero-order chi connectivity index (χ0) is 18.2. The molecule has 132 valence electrons. The van der Waals surface area contributed by atoms with E-state index in [1.54, 1.807) is 29.2 Å². The Morgan fingerprint density at radius 3 is 2.12 bits per heavy atom. The van der Waals surface area contributed by atoms with E-state index in [1.807, 2.05) is 44.2 Å². The minimum Gasteiger partial charge on any atom is -0.478 e. The van der Waals surface area contributed by atoms with Gasteiger partial charge in [-0.1, -0.05) is 30.3 Å². The van der Waals surface area contributed by atoms with Gasteiger partial charge in [-0.15, -0.1) is 0 Å². The summed E-state index contributed by atoms with van der Waals surface area (Å²) >= 11 is 0. The summed E-state index contributed by atoms with van der Waals surface area (Å²) in [5.74, 6) is 0.582. The van der Waals surface area contributed by atoms with Crippen molar-refractivity contribution in [2.75, 3.05) is 6.26 Å². The number of para-hydroxylation sites is 1. The predicted molar refractivity (Wildman–Crippen MR) is 95.1 cm³/mol. The first kappa shape index (κ1) is 17.5. The summed E-state index contributed by atoms with van der Waals surface area (Å²) in [7, 11) is -3.25. The first-order valence-corrected chi connectivity index (χ1v) is 10.0. The van der Waals surface area contributed by atoms with Crippen LogP contribution in [0.1, 0.15) is 25.5 Å². The van der Waals surface area contributed by atoms with E-state index in [-0.39, 0.29) is 22.9 Å². The first-order valence-electron chi connectivity index (χ1n) is 8.13. The Balaban J connectivity index is 1.90. The molecule has 25 heavy (non-hydrogen) atoms. The largest absolute Gasteiger partial charge is 0.478 e. The Kier molecular flexibility index (Phi) is 4.56. The summed E-state index contributed by atoms with van der Waals surface area (Å²) in [5.41, 5.74) is 0.863. The van der Waals surface area contributed by atoms with Crippen LogP contribution in [0.4, 0.5) is 0 Å². The number of hydrogen-bond donors (Lipinski definition) is 0. The van der Waals surface area contributed by atoms with Gasteiger partial charge >= 0.3 is 0 Å². The average Bonchev–Trinajstić information content (AvgIpc) is 2.57. The van der Waals surface area contributed by atoms with E-state index >= 15 is 0 Å². The maximum absolute atomic E-state index is 12.5. The molecular formula is C19H21NO4S. The van der Waals surface area contributed by atoms with Crippen LogP contribution in [0.3, 0.4) is 0 Å². The molecule has 0 aliphatic carbocycles. The van der Waals surface area contributed by atoms with Gasteiger partial charge in [0, 0.05) is 12.3 Å². The number of carbonyl (C=O) groups excluding carboxylic acids is 1. The number of hydrogen-bond acceptors (Lipinski definition) is 4. The number of likely N-dealkylation sites (tertiary alicyclic amines) is 1. The number of ether oxygens (including phenoxy) is 1. The van der Waals surface area contributed by atoms with Crippen LogP contribution in [0.2, 0.25) is 0 Å². The van der Waals surface area contributed by atoms with Gasteiger partial charge in [0.2, 0.25) is 6.10 Å². The number of β-lactam (4-membered cyclic amide) rings is 1. The lowest BCUT2D eigenvalue weighted by Gasteiger charge is -2.49. The van der Waals surface area contributed by atoms with Crippen LogP contribution in [0.15, 0.2) is 59.5 Å². The summed E-state index contributed by atoms with van der Waals surface area (Å²) in [6.45, 7) is 3.91. The van der Waals surface area contributed by atoms with E-state index in [0.717, 1.165) is 5.56 Å². The van der Waals surface area contributed by atoms with Crippen LogP contribution in [0.25, 0.3) is 0 Å². The topological polar surface area (TPSA) is 63.7 Å². The lowest BCUT2D eigenvalue weighted by Crippen LogP contribution is -2.63. The maximum atomic E-state index is 12.5. The van der Waals surface area contributed by atoms with Gasteiger partial charge in [-0.05, 0) is 43.7 Å². The Hall–Kier alpha value is -2.34. The summed E-state index contributed by atoms with van der Waals surface area (Å²) < 4.78 is 29.2. The fourth-order valence-corrected chi connectivity index (χ4v) is 3.70. The van der Waals surface area contributed by atoms with Crippen molar-refractivity contribution in [3.05, 3.63) is 60.2 Å². The number of amides is 1. The van der Waals surface area contributed by atoms with Gasteiger partial charge < -0.3 is 9.64 Å². The van der Waals surface area contributed by atoms with E-state index in [2.05, 4.69) is 0 Å². The van der Waals surface area contributed by atoms with E-state index in [9.17, 15) is 13.2 Å². The standard InChI is InChI=1S/C19H21NO4S/c1-13(2)20-17(14-9-11-16(12-10-14)25(3,22)23)18(19(20)21)24-15-7-5-4-6-8-15/h4-13,17-18H,1-3H3/t17-,18+/m1/s1. The normalized spacial score (nSPS) is 20.5. The highest BCUT2D eigenvalue weighted by Crippen LogP contribution is 2.39. The predicted octanol–water partition coefficient (Wildman–Crippen LogP) is 2.83. The van der Waals surface area contributed by atoms with E-state index in [1.165, 1.54) is 6.26 Å². The highest BCUT2D eigenvalue weighted by molar-refractivity contribution is 7.90. The molecule has 1 fully saturated rings. The molecule has 1 saturated heterocycles. The zero-order valence-corrected chi connectivity index (χ0v) is 15.2. The molecule has 1 heterocycles. The lowest BCUT2D eigenvalue weighted by molar-refractivity contribution is -0.167. The quantitative estimate of drug-likeness (QED) is 0.770. The van der Waals surface area contributed by atoms with Crippen molar-refractivity contribution in [2.45, 2.75) is 36.9 Å². The minimum atomic E-state index is -3.25. The van der Waals surface area contributed by atoms with Crippen LogP contribution >= 0.6 is 0 Å². The van der Waals surface area contributed by atoms with Gasteiger partial charge in [-0.2, -0.15) is 0 Å². The van der Waals surface area contributed by atoms with Crippen molar-refractivity contribution in [1.82, 2.24) is 4.90 Å². The Bertz CT molecular complexity index is 860. The molecule has 2 atom stereocenters. The summed E-state index contributed by atoms with van der Waals surface area (Å²) in [6, 6.07) is 15.7. The van der Waals surface area contributed by atoms with E-state index in [4.69, 9.17) is 4.74 Å². The van der Waals surface area contributed by atoms with Crippen LogP contribution in [0, 0.1) is 0 Å². The zero-order valence-electron chi connectivity index (χ0n) is 14.4. The third kappa shape index (κ3) is 3.39. The molecule has 3 rings (SSSR count). The Morgan fingerprint density at radius 1 is 1.00 bits per heavy atom. The number of nitrogens with zero attached hydrogens (tertiary/aromatic N) is 1. The number of carbonyl (C=O) groups is 1. The third-order valence-electron chi connectivity index (χ3n) is 4.30. The Labute approximate surface area is 148 Å². The highest BCUT2D eigenvalue weighted by atomic mass is 32.2. The van der Waals surface area contributed by atoms with E-state index in [0.29, 0.717) is 5.75 Å². The smallest absolute Gasteiger partial charge is 0.267 e. The molecular weight excluding hydrogens is 338 g/mol. The maximum Gasteiger partial charge on any atom is 0.267 e. The fraction of sp³-hybridized carbons (Fsp3) is 0.316. The molecule has 2 aromatic rings. The van der Waals surface area contributed by atoms with Gasteiger partial charge in [-0.25, -0.2) is 8.42 Å². The van der Waals surface area contributed by atoms with Crippen molar-refractivity contribution >= 4 is 15.7 Å². The lowest BCUT2D eigenvalue weighted by atomic mass is 9.89. The molecule has 0 saturated carbocycles. The molecule has 1 aliphatic heterocycles. The highest BCUT2D eigenvalue weighted by Gasteiger charge is 2.51. The van der Waals surface area contributed by atoms with Crippen LogP contribution < -0.4 is 4.74 Å². The monoisotopic (exact) mass is 359 g/mol. The number of sulfone groups is 1. The second-order valence-electron chi connectivity index (χ2n) is 6.48. The van der Waals surface area contributed by atoms with Gasteiger partial charge in [0.1, 0.15) is 11.8 Å².